The molecule has 11 heteroatoms. The van der Waals surface area contributed by atoms with Gasteiger partial charge in [0, 0.05) is 53.4 Å². The van der Waals surface area contributed by atoms with Gasteiger partial charge in [-0.3, -0.25) is 14.4 Å². The lowest BCUT2D eigenvalue weighted by Crippen LogP contribution is -2.46. The second-order valence-corrected chi connectivity index (χ2v) is 11.1. The van der Waals surface area contributed by atoms with Crippen molar-refractivity contribution < 1.29 is 38.4 Å². The van der Waals surface area contributed by atoms with E-state index in [1.165, 1.54) is 21.3 Å². The fourth-order valence-corrected chi connectivity index (χ4v) is 4.85. The summed E-state index contributed by atoms with van der Waals surface area (Å²) in [7, 11) is 4.38. The minimum atomic E-state index is -1.16. The van der Waals surface area contributed by atoms with Gasteiger partial charge in [-0.15, -0.1) is 0 Å². The second kappa shape index (κ2) is 14.5. The molecule has 0 aliphatic carbocycles. The second-order valence-electron chi connectivity index (χ2n) is 10.6. The number of nitrogens with zero attached hydrogens (tertiary/aromatic N) is 1. The summed E-state index contributed by atoms with van der Waals surface area (Å²) in [5, 5.41) is 13.3. The molecule has 2 N–H and O–H groups in total. The average Bonchev–Trinajstić information content (AvgIpc) is 3.06. The van der Waals surface area contributed by atoms with E-state index in [1.54, 1.807) is 35.2 Å². The lowest BCUT2D eigenvalue weighted by molar-refractivity contribution is -0.140. The Morgan fingerprint density at radius 1 is 1.10 bits per heavy atom. The molecule has 2 aromatic carbocycles. The molecule has 2 atom stereocenters. The number of methoxy groups -OCH3 is 3. The van der Waals surface area contributed by atoms with E-state index < -0.39 is 23.5 Å². The monoisotopic (exact) mass is 590 g/mol. The minimum Gasteiger partial charge on any atom is -0.493 e. The van der Waals surface area contributed by atoms with E-state index in [0.717, 1.165) is 0 Å². The Balaban J connectivity index is 2.00. The van der Waals surface area contributed by atoms with E-state index in [0.29, 0.717) is 52.7 Å². The first-order valence-corrected chi connectivity index (χ1v) is 13.8. The molecule has 0 unspecified atom stereocenters. The van der Waals surface area contributed by atoms with E-state index >= 15 is 0 Å². The summed E-state index contributed by atoms with van der Waals surface area (Å²) in [5.41, 5.74) is 1.12. The van der Waals surface area contributed by atoms with Crippen LogP contribution in [0.1, 0.15) is 56.8 Å². The topological polar surface area (TPSA) is 124 Å². The van der Waals surface area contributed by atoms with Crippen molar-refractivity contribution in [3.05, 3.63) is 52.5 Å². The van der Waals surface area contributed by atoms with Crippen molar-refractivity contribution in [1.82, 2.24) is 5.32 Å². The van der Waals surface area contributed by atoms with E-state index in [9.17, 15) is 19.5 Å². The van der Waals surface area contributed by atoms with Crippen molar-refractivity contribution in [2.45, 2.75) is 51.7 Å². The zero-order chi connectivity index (χ0) is 30.2. The Morgan fingerprint density at radius 2 is 1.85 bits per heavy atom. The number of rotatable bonds is 13. The molecule has 0 bridgehead atoms. The van der Waals surface area contributed by atoms with Gasteiger partial charge in [-0.25, -0.2) is 0 Å². The number of fused-ring (bicyclic) bond motifs is 1. The summed E-state index contributed by atoms with van der Waals surface area (Å²) in [4.78, 5) is 40.0. The molecule has 1 heterocycles. The van der Waals surface area contributed by atoms with Crippen LogP contribution in [0.5, 0.6) is 11.5 Å². The fourth-order valence-electron chi connectivity index (χ4n) is 4.67. The van der Waals surface area contributed by atoms with Crippen molar-refractivity contribution in [2.75, 3.05) is 45.9 Å². The maximum absolute atomic E-state index is 14.1. The Bertz CT molecular complexity index is 1230. The predicted octanol–water partition coefficient (Wildman–Crippen LogP) is 4.05. The number of hydrogen-bond donors (Lipinski definition) is 2. The maximum Gasteiger partial charge on any atom is 0.305 e. The van der Waals surface area contributed by atoms with Gasteiger partial charge in [0.2, 0.25) is 5.91 Å². The van der Waals surface area contributed by atoms with Crippen LogP contribution in [0.3, 0.4) is 0 Å². The normalized spacial score (nSPS) is 17.0. The summed E-state index contributed by atoms with van der Waals surface area (Å²) < 4.78 is 22.3. The number of esters is 1. The Hall–Kier alpha value is -3.34. The van der Waals surface area contributed by atoms with Crippen molar-refractivity contribution in [3.63, 3.8) is 0 Å². The van der Waals surface area contributed by atoms with Crippen molar-refractivity contribution in [2.24, 2.45) is 5.41 Å². The first kappa shape index (κ1) is 32.2. The molecule has 0 radical (unpaired) electrons. The van der Waals surface area contributed by atoms with Gasteiger partial charge in [0.25, 0.3) is 5.91 Å². The number of benzene rings is 2. The lowest BCUT2D eigenvalue weighted by Gasteiger charge is -2.32. The molecule has 0 fully saturated rings. The van der Waals surface area contributed by atoms with Crippen LogP contribution < -0.4 is 19.7 Å². The number of amides is 2. The molecular formula is C30H39ClN2O8. The van der Waals surface area contributed by atoms with E-state index in [4.69, 9.17) is 25.8 Å². The molecule has 1 aliphatic rings. The van der Waals surface area contributed by atoms with Crippen LogP contribution in [0.15, 0.2) is 36.4 Å². The third-order valence-electron chi connectivity index (χ3n) is 6.86. The van der Waals surface area contributed by atoms with Gasteiger partial charge in [-0.2, -0.15) is 0 Å². The summed E-state index contributed by atoms with van der Waals surface area (Å²) in [6.45, 7) is 4.04. The molecule has 2 aromatic rings. The molecule has 1 aliphatic heterocycles. The van der Waals surface area contributed by atoms with Crippen LogP contribution in [0, 0.1) is 5.41 Å². The van der Waals surface area contributed by atoms with Crippen LogP contribution in [-0.4, -0.2) is 70.0 Å². The standard InChI is InChI=1S/C30H39ClN2O8/c1-30(2,18-34)17-33-22-13-12-19(31)15-21(22)27(20-9-8-10-23(38-3)28(20)40-5)41-24(29(33)37)16-25(35)32-14-7-6-11-26(36)39-4/h8-10,12-13,15,24,27,34H,6-7,11,14,16-18H2,1-5H3,(H,32,35)/t24-,27-/m1/s1. The third kappa shape index (κ3) is 8.12. The quantitative estimate of drug-likeness (QED) is 0.265. The van der Waals surface area contributed by atoms with E-state index in [-0.39, 0.29) is 37.9 Å². The largest absolute Gasteiger partial charge is 0.493 e. The SMILES string of the molecule is COC(=O)CCCCNC(=O)C[C@H]1O[C@H](c2cccc(OC)c2OC)c2cc(Cl)ccc2N(CC(C)(C)CO)C1=O. The van der Waals surface area contributed by atoms with Crippen molar-refractivity contribution in [3.8, 4) is 11.5 Å². The zero-order valence-corrected chi connectivity index (χ0v) is 25.0. The third-order valence-corrected chi connectivity index (χ3v) is 7.10. The van der Waals surface area contributed by atoms with Crippen LogP contribution in [-0.2, 0) is 23.9 Å². The molecule has 41 heavy (non-hydrogen) atoms. The number of nitrogens with one attached hydrogen (secondary N) is 1. The summed E-state index contributed by atoms with van der Waals surface area (Å²) in [5.74, 6) is -0.189. The molecule has 2 amide bonds. The van der Waals surface area contributed by atoms with Gasteiger partial charge in [-0.05, 0) is 37.1 Å². The average molecular weight is 591 g/mol. The molecular weight excluding hydrogens is 552 g/mol. The van der Waals surface area contributed by atoms with Crippen LogP contribution in [0.25, 0.3) is 0 Å². The van der Waals surface area contributed by atoms with Gasteiger partial charge in [-0.1, -0.05) is 37.6 Å². The molecule has 3 rings (SSSR count). The number of anilines is 1. The number of ether oxygens (including phenoxy) is 4. The van der Waals surface area contributed by atoms with E-state index in [1.807, 2.05) is 19.9 Å². The highest BCUT2D eigenvalue weighted by Gasteiger charge is 2.40. The Kier molecular flexibility index (Phi) is 11.4. The molecule has 224 valence electrons. The number of aliphatic hydroxyl groups excluding tert-OH is 1. The molecule has 0 saturated heterocycles. The highest BCUT2D eigenvalue weighted by molar-refractivity contribution is 6.30. The zero-order valence-electron chi connectivity index (χ0n) is 24.2. The number of para-hydroxylation sites is 1. The Morgan fingerprint density at radius 3 is 2.51 bits per heavy atom. The summed E-state index contributed by atoms with van der Waals surface area (Å²) >= 11 is 6.44. The van der Waals surface area contributed by atoms with Crippen LogP contribution in [0.4, 0.5) is 5.69 Å². The molecule has 10 nitrogen and oxygen atoms in total. The van der Waals surface area contributed by atoms with Crippen LogP contribution in [0.2, 0.25) is 5.02 Å². The van der Waals surface area contributed by atoms with Gasteiger partial charge in [0.15, 0.2) is 11.5 Å². The van der Waals surface area contributed by atoms with Gasteiger partial charge in [0.05, 0.1) is 27.8 Å². The van der Waals surface area contributed by atoms with Gasteiger partial charge >= 0.3 is 5.97 Å². The highest BCUT2D eigenvalue weighted by atomic mass is 35.5. The number of halogens is 1. The Labute approximate surface area is 245 Å². The summed E-state index contributed by atoms with van der Waals surface area (Å²) in [6, 6.07) is 10.5. The van der Waals surface area contributed by atoms with E-state index in [2.05, 4.69) is 10.1 Å². The smallest absolute Gasteiger partial charge is 0.305 e. The number of unbranched alkanes of at least 4 members (excludes halogenated alkanes) is 1. The first-order valence-electron chi connectivity index (χ1n) is 13.5. The first-order chi connectivity index (χ1) is 19.5. The van der Waals surface area contributed by atoms with Gasteiger partial charge in [0.1, 0.15) is 12.2 Å². The molecule has 0 aromatic heterocycles. The molecule has 0 saturated carbocycles. The minimum absolute atomic E-state index is 0.162. The number of hydrogen-bond acceptors (Lipinski definition) is 8. The predicted molar refractivity (Wildman–Crippen MR) is 154 cm³/mol. The summed E-state index contributed by atoms with van der Waals surface area (Å²) in [6.07, 6.45) is -0.841. The number of aliphatic hydroxyl groups is 1. The van der Waals surface area contributed by atoms with Crippen molar-refractivity contribution in [1.29, 1.82) is 0 Å². The lowest BCUT2D eigenvalue weighted by atomic mass is 9.92. The van der Waals surface area contributed by atoms with Gasteiger partial charge < -0.3 is 34.3 Å². The fraction of sp³-hybridized carbons (Fsp3) is 0.500. The van der Waals surface area contributed by atoms with Crippen LogP contribution >= 0.6 is 11.6 Å². The van der Waals surface area contributed by atoms with Crippen molar-refractivity contribution >= 4 is 35.1 Å². The number of carbonyl (C=O) groups is 3. The maximum atomic E-state index is 14.1. The highest BCUT2D eigenvalue weighted by Crippen LogP contribution is 2.45. The molecule has 0 spiro atoms. The number of carbonyl (C=O) groups excluding carboxylic acids is 3.